The van der Waals surface area contributed by atoms with Gasteiger partial charge in [-0.1, -0.05) is 6.07 Å². The molecule has 1 aliphatic heterocycles. The van der Waals surface area contributed by atoms with Crippen LogP contribution < -0.4 is 14.8 Å². The number of carbonyl (C=O) groups is 1. The maximum Gasteiger partial charge on any atom is 0.231 e. The number of nitrogens with one attached hydrogen (secondary N) is 1. The summed E-state index contributed by atoms with van der Waals surface area (Å²) in [6, 6.07) is 9.75. The predicted octanol–water partition coefficient (Wildman–Crippen LogP) is 4.17. The molecule has 0 radical (unpaired) electrons. The van der Waals surface area contributed by atoms with Gasteiger partial charge in [0.2, 0.25) is 12.7 Å². The predicted molar refractivity (Wildman–Crippen MR) is 94.9 cm³/mol. The van der Waals surface area contributed by atoms with Gasteiger partial charge in [-0.15, -0.1) is 22.7 Å². The number of fused-ring (bicyclic) bond motifs is 1. The monoisotopic (exact) mass is 358 g/mol. The number of hydrogen-bond donors (Lipinski definition) is 1. The van der Waals surface area contributed by atoms with Crippen LogP contribution in [0.3, 0.4) is 0 Å². The number of hydrogen-bond acceptors (Lipinski definition) is 6. The Labute approximate surface area is 146 Å². The molecule has 1 N–H and O–H groups in total. The van der Waals surface area contributed by atoms with Gasteiger partial charge in [0.25, 0.3) is 0 Å². The third-order valence-corrected chi connectivity index (χ3v) is 5.29. The zero-order valence-corrected chi connectivity index (χ0v) is 14.3. The maximum atomic E-state index is 12.0. The molecule has 5 nitrogen and oxygen atoms in total. The minimum atomic E-state index is -0.0185. The van der Waals surface area contributed by atoms with Crippen molar-refractivity contribution in [2.75, 3.05) is 12.1 Å². The molecule has 0 saturated carbocycles. The quantitative estimate of drug-likeness (QED) is 0.743. The Bertz CT molecular complexity index is 859. The molecule has 1 aliphatic rings. The number of thiophene rings is 1. The fourth-order valence-corrected chi connectivity index (χ4v) is 3.84. The maximum absolute atomic E-state index is 12.0. The summed E-state index contributed by atoms with van der Waals surface area (Å²) in [5.74, 6) is 1.45. The topological polar surface area (TPSA) is 60.5 Å². The number of carbonyl (C=O) groups excluding carboxylic acids is 1. The average molecular weight is 358 g/mol. The number of thiazole rings is 1. The van der Waals surface area contributed by atoms with Gasteiger partial charge >= 0.3 is 0 Å². The molecule has 0 fully saturated rings. The molecule has 0 aliphatic carbocycles. The van der Waals surface area contributed by atoms with E-state index < -0.39 is 0 Å². The van der Waals surface area contributed by atoms with Crippen molar-refractivity contribution in [1.82, 2.24) is 4.98 Å². The molecule has 0 saturated heterocycles. The smallest absolute Gasteiger partial charge is 0.231 e. The summed E-state index contributed by atoms with van der Waals surface area (Å²) in [5.41, 5.74) is 1.75. The minimum absolute atomic E-state index is 0.0185. The second-order valence-corrected chi connectivity index (χ2v) is 7.12. The molecule has 4 rings (SSSR count). The van der Waals surface area contributed by atoms with E-state index in [1.807, 2.05) is 41.1 Å². The molecule has 1 amide bonds. The lowest BCUT2D eigenvalue weighted by molar-refractivity contribution is -0.116. The molecule has 2 aromatic heterocycles. The second kappa shape index (κ2) is 6.62. The van der Waals surface area contributed by atoms with E-state index in [4.69, 9.17) is 9.47 Å². The summed E-state index contributed by atoms with van der Waals surface area (Å²) in [4.78, 5) is 17.7. The Balaban J connectivity index is 1.40. The van der Waals surface area contributed by atoms with Crippen molar-refractivity contribution in [3.63, 3.8) is 0 Å². The number of ether oxygens (including phenoxy) is 2. The second-order valence-electron chi connectivity index (χ2n) is 5.23. The van der Waals surface area contributed by atoms with Crippen LogP contribution in [0.2, 0.25) is 0 Å². The first-order valence-corrected chi connectivity index (χ1v) is 9.22. The Morgan fingerprint density at radius 3 is 3.00 bits per heavy atom. The molecule has 3 heterocycles. The van der Waals surface area contributed by atoms with Crippen molar-refractivity contribution in [2.24, 2.45) is 0 Å². The van der Waals surface area contributed by atoms with E-state index in [9.17, 15) is 4.79 Å². The standard InChI is InChI=1S/C17H14N2O3S2/c20-16(6-4-12-2-1-7-23-12)19-17-18-13(9-24-17)11-3-5-14-15(8-11)22-10-21-14/h1-3,5,7-9H,4,6,10H2,(H,18,19,20). The molecular weight excluding hydrogens is 344 g/mol. The van der Waals surface area contributed by atoms with Gasteiger partial charge in [0, 0.05) is 22.2 Å². The third-order valence-electron chi connectivity index (χ3n) is 3.60. The van der Waals surface area contributed by atoms with E-state index in [1.54, 1.807) is 11.3 Å². The Morgan fingerprint density at radius 1 is 1.21 bits per heavy atom. The van der Waals surface area contributed by atoms with Crippen LogP contribution in [0.5, 0.6) is 11.5 Å². The minimum Gasteiger partial charge on any atom is -0.454 e. The van der Waals surface area contributed by atoms with Crippen LogP contribution in [0, 0.1) is 0 Å². The van der Waals surface area contributed by atoms with Crippen molar-refractivity contribution >= 4 is 33.7 Å². The highest BCUT2D eigenvalue weighted by atomic mass is 32.1. The summed E-state index contributed by atoms with van der Waals surface area (Å²) >= 11 is 3.08. The molecule has 1 aromatic carbocycles. The van der Waals surface area contributed by atoms with Crippen LogP contribution in [0.15, 0.2) is 41.1 Å². The summed E-state index contributed by atoms with van der Waals surface area (Å²) in [6.07, 6.45) is 1.21. The fourth-order valence-electron chi connectivity index (χ4n) is 2.39. The number of anilines is 1. The Kier molecular flexibility index (Phi) is 4.18. The van der Waals surface area contributed by atoms with Crippen LogP contribution in [0.1, 0.15) is 11.3 Å². The van der Waals surface area contributed by atoms with Gasteiger partial charge in [0.15, 0.2) is 16.6 Å². The third kappa shape index (κ3) is 3.27. The molecule has 7 heteroatoms. The summed E-state index contributed by atoms with van der Waals surface area (Å²) in [6.45, 7) is 0.251. The number of aryl methyl sites for hydroxylation is 1. The first-order valence-electron chi connectivity index (χ1n) is 7.46. The highest BCUT2D eigenvalue weighted by Crippen LogP contribution is 2.36. The van der Waals surface area contributed by atoms with Crippen molar-refractivity contribution in [3.8, 4) is 22.8 Å². The Hall–Kier alpha value is -2.38. The lowest BCUT2D eigenvalue weighted by atomic mass is 10.1. The Morgan fingerprint density at radius 2 is 2.12 bits per heavy atom. The highest BCUT2D eigenvalue weighted by Gasteiger charge is 2.15. The van der Waals surface area contributed by atoms with E-state index >= 15 is 0 Å². The van der Waals surface area contributed by atoms with E-state index in [0.29, 0.717) is 11.6 Å². The molecule has 0 atom stereocenters. The molecular formula is C17H14N2O3S2. The first-order chi connectivity index (χ1) is 11.8. The SMILES string of the molecule is O=C(CCc1cccs1)Nc1nc(-c2ccc3c(c2)OCO3)cs1. The van der Waals surface area contributed by atoms with Crippen LogP contribution in [0.4, 0.5) is 5.13 Å². The molecule has 0 spiro atoms. The summed E-state index contributed by atoms with van der Waals surface area (Å²) in [7, 11) is 0. The van der Waals surface area contributed by atoms with Crippen molar-refractivity contribution in [3.05, 3.63) is 46.0 Å². The van der Waals surface area contributed by atoms with Gasteiger partial charge in [0.1, 0.15) is 0 Å². The van der Waals surface area contributed by atoms with Gasteiger partial charge < -0.3 is 14.8 Å². The highest BCUT2D eigenvalue weighted by molar-refractivity contribution is 7.14. The van der Waals surface area contributed by atoms with Gasteiger partial charge in [-0.3, -0.25) is 4.79 Å². The summed E-state index contributed by atoms with van der Waals surface area (Å²) < 4.78 is 10.7. The average Bonchev–Trinajstić information content (AvgIpc) is 3.33. The fraction of sp³-hybridized carbons (Fsp3) is 0.176. The number of nitrogens with zero attached hydrogens (tertiary/aromatic N) is 1. The van der Waals surface area contributed by atoms with E-state index in [1.165, 1.54) is 16.2 Å². The molecule has 24 heavy (non-hydrogen) atoms. The van der Waals surface area contributed by atoms with E-state index in [-0.39, 0.29) is 12.7 Å². The summed E-state index contributed by atoms with van der Waals surface area (Å²) in [5, 5.41) is 7.42. The number of benzene rings is 1. The van der Waals surface area contributed by atoms with Crippen LogP contribution in [-0.4, -0.2) is 17.7 Å². The van der Waals surface area contributed by atoms with E-state index in [0.717, 1.165) is 29.2 Å². The van der Waals surface area contributed by atoms with Crippen molar-refractivity contribution in [1.29, 1.82) is 0 Å². The lowest BCUT2D eigenvalue weighted by Crippen LogP contribution is -2.11. The number of amides is 1. The first kappa shape index (κ1) is 15.2. The van der Waals surface area contributed by atoms with Crippen LogP contribution >= 0.6 is 22.7 Å². The molecule has 3 aromatic rings. The van der Waals surface area contributed by atoms with Crippen molar-refractivity contribution < 1.29 is 14.3 Å². The molecule has 0 unspecified atom stereocenters. The largest absolute Gasteiger partial charge is 0.454 e. The van der Waals surface area contributed by atoms with Gasteiger partial charge in [-0.05, 0) is 36.1 Å². The number of aromatic nitrogens is 1. The van der Waals surface area contributed by atoms with Gasteiger partial charge in [-0.2, -0.15) is 0 Å². The molecule has 0 bridgehead atoms. The van der Waals surface area contributed by atoms with E-state index in [2.05, 4.69) is 10.3 Å². The zero-order valence-electron chi connectivity index (χ0n) is 12.7. The van der Waals surface area contributed by atoms with Crippen LogP contribution in [0.25, 0.3) is 11.3 Å². The van der Waals surface area contributed by atoms with Crippen molar-refractivity contribution in [2.45, 2.75) is 12.8 Å². The van der Waals surface area contributed by atoms with Crippen LogP contribution in [-0.2, 0) is 11.2 Å². The van der Waals surface area contributed by atoms with Gasteiger partial charge in [0.05, 0.1) is 5.69 Å². The lowest BCUT2D eigenvalue weighted by Gasteiger charge is -2.01. The zero-order chi connectivity index (χ0) is 16.4. The number of rotatable bonds is 5. The molecule has 122 valence electrons. The van der Waals surface area contributed by atoms with Gasteiger partial charge in [-0.25, -0.2) is 4.98 Å². The normalized spacial score (nSPS) is 12.3.